The highest BCUT2D eigenvalue weighted by atomic mass is 16.5. The molecule has 0 radical (unpaired) electrons. The lowest BCUT2D eigenvalue weighted by atomic mass is 10.1. The number of rotatable bonds is 4. The SMILES string of the molecule is COc1ccc(NC(=Nc2ccc(C)cc2)c2ccc(O)cc2)cc1. The van der Waals surface area contributed by atoms with Gasteiger partial charge in [0, 0.05) is 11.3 Å². The van der Waals surface area contributed by atoms with Crippen molar-refractivity contribution in [3.8, 4) is 11.5 Å². The van der Waals surface area contributed by atoms with Crippen molar-refractivity contribution >= 4 is 17.2 Å². The van der Waals surface area contributed by atoms with Crippen LogP contribution in [0.3, 0.4) is 0 Å². The van der Waals surface area contributed by atoms with E-state index in [9.17, 15) is 5.11 Å². The zero-order valence-electron chi connectivity index (χ0n) is 14.2. The van der Waals surface area contributed by atoms with E-state index in [1.54, 1.807) is 19.2 Å². The van der Waals surface area contributed by atoms with E-state index >= 15 is 0 Å². The fourth-order valence-corrected chi connectivity index (χ4v) is 2.34. The molecule has 25 heavy (non-hydrogen) atoms. The molecule has 0 fully saturated rings. The zero-order valence-corrected chi connectivity index (χ0v) is 14.2. The Hall–Kier alpha value is -3.27. The Kier molecular flexibility index (Phi) is 5.00. The standard InChI is InChI=1S/C21H20N2O2/c1-15-3-7-17(8-4-15)22-21(16-5-11-19(24)12-6-16)23-18-9-13-20(25-2)14-10-18/h3-14,24H,1-2H3,(H,22,23). The predicted molar refractivity (Wildman–Crippen MR) is 102 cm³/mol. The first-order chi connectivity index (χ1) is 12.1. The summed E-state index contributed by atoms with van der Waals surface area (Å²) in [5, 5.41) is 12.9. The van der Waals surface area contributed by atoms with Crippen LogP contribution in [0.5, 0.6) is 11.5 Å². The van der Waals surface area contributed by atoms with Gasteiger partial charge in [-0.3, -0.25) is 0 Å². The summed E-state index contributed by atoms with van der Waals surface area (Å²) >= 11 is 0. The Bertz CT molecular complexity index is 852. The largest absolute Gasteiger partial charge is 0.508 e. The van der Waals surface area contributed by atoms with E-state index in [2.05, 4.69) is 5.32 Å². The number of hydrogen-bond donors (Lipinski definition) is 2. The van der Waals surface area contributed by atoms with Crippen LogP contribution >= 0.6 is 0 Å². The minimum absolute atomic E-state index is 0.225. The lowest BCUT2D eigenvalue weighted by Gasteiger charge is -2.11. The quantitative estimate of drug-likeness (QED) is 0.528. The van der Waals surface area contributed by atoms with E-state index in [4.69, 9.17) is 9.73 Å². The molecule has 0 aliphatic heterocycles. The summed E-state index contributed by atoms with van der Waals surface area (Å²) in [6.07, 6.45) is 0. The van der Waals surface area contributed by atoms with E-state index in [0.29, 0.717) is 5.84 Å². The van der Waals surface area contributed by atoms with Gasteiger partial charge in [-0.05, 0) is 67.6 Å². The summed E-state index contributed by atoms with van der Waals surface area (Å²) in [4.78, 5) is 4.73. The van der Waals surface area contributed by atoms with Gasteiger partial charge in [0.2, 0.25) is 0 Å². The molecule has 2 N–H and O–H groups in total. The molecule has 0 spiro atoms. The number of aromatic hydroxyl groups is 1. The Morgan fingerprint density at radius 2 is 1.52 bits per heavy atom. The van der Waals surface area contributed by atoms with Crippen molar-refractivity contribution in [2.24, 2.45) is 4.99 Å². The summed E-state index contributed by atoms with van der Waals surface area (Å²) in [7, 11) is 1.64. The number of aryl methyl sites for hydroxylation is 1. The number of phenolic OH excluding ortho intramolecular Hbond substituents is 1. The summed E-state index contributed by atoms with van der Waals surface area (Å²) < 4.78 is 5.19. The minimum atomic E-state index is 0.225. The maximum atomic E-state index is 9.53. The van der Waals surface area contributed by atoms with Crippen molar-refractivity contribution < 1.29 is 9.84 Å². The Morgan fingerprint density at radius 3 is 2.12 bits per heavy atom. The highest BCUT2D eigenvalue weighted by Gasteiger charge is 2.06. The molecule has 0 heterocycles. The number of nitrogens with zero attached hydrogens (tertiary/aromatic N) is 1. The van der Waals surface area contributed by atoms with E-state index < -0.39 is 0 Å². The Labute approximate surface area is 147 Å². The van der Waals surface area contributed by atoms with Crippen LogP contribution in [0.4, 0.5) is 11.4 Å². The minimum Gasteiger partial charge on any atom is -0.508 e. The van der Waals surface area contributed by atoms with Crippen molar-refractivity contribution in [2.45, 2.75) is 6.92 Å². The first-order valence-electron chi connectivity index (χ1n) is 8.00. The van der Waals surface area contributed by atoms with Crippen LogP contribution < -0.4 is 10.1 Å². The number of amidine groups is 1. The molecular formula is C21H20N2O2. The second kappa shape index (κ2) is 7.53. The van der Waals surface area contributed by atoms with Gasteiger partial charge in [0.1, 0.15) is 17.3 Å². The fourth-order valence-electron chi connectivity index (χ4n) is 2.34. The van der Waals surface area contributed by atoms with Gasteiger partial charge in [-0.2, -0.15) is 0 Å². The number of aliphatic imine (C=N–C) groups is 1. The van der Waals surface area contributed by atoms with Crippen molar-refractivity contribution in [1.82, 2.24) is 0 Å². The second-order valence-corrected chi connectivity index (χ2v) is 5.70. The Morgan fingerprint density at radius 1 is 0.880 bits per heavy atom. The molecule has 0 atom stereocenters. The summed E-state index contributed by atoms with van der Waals surface area (Å²) in [6, 6.07) is 22.6. The molecule has 0 aromatic heterocycles. The molecule has 0 aliphatic carbocycles. The molecule has 0 amide bonds. The topological polar surface area (TPSA) is 53.8 Å². The molecule has 0 aliphatic rings. The molecule has 3 rings (SSSR count). The monoisotopic (exact) mass is 332 g/mol. The maximum absolute atomic E-state index is 9.53. The van der Waals surface area contributed by atoms with Crippen molar-refractivity contribution in [2.75, 3.05) is 12.4 Å². The fraction of sp³-hybridized carbons (Fsp3) is 0.0952. The maximum Gasteiger partial charge on any atom is 0.138 e. The van der Waals surface area contributed by atoms with E-state index in [-0.39, 0.29) is 5.75 Å². The van der Waals surface area contributed by atoms with Gasteiger partial charge in [-0.15, -0.1) is 0 Å². The van der Waals surface area contributed by atoms with Crippen LogP contribution in [0.25, 0.3) is 0 Å². The molecule has 0 bridgehead atoms. The molecule has 3 aromatic carbocycles. The first-order valence-corrected chi connectivity index (χ1v) is 8.00. The van der Waals surface area contributed by atoms with Crippen LogP contribution in [0.15, 0.2) is 77.8 Å². The highest BCUT2D eigenvalue weighted by molar-refractivity contribution is 6.09. The molecule has 3 aromatic rings. The Balaban J connectivity index is 1.95. The van der Waals surface area contributed by atoms with Gasteiger partial charge >= 0.3 is 0 Å². The normalized spacial score (nSPS) is 11.2. The van der Waals surface area contributed by atoms with Gasteiger partial charge in [0.15, 0.2) is 0 Å². The summed E-state index contributed by atoms with van der Waals surface area (Å²) in [5.74, 6) is 1.73. The average molecular weight is 332 g/mol. The molecular weight excluding hydrogens is 312 g/mol. The van der Waals surface area contributed by atoms with E-state index in [0.717, 1.165) is 22.7 Å². The second-order valence-electron chi connectivity index (χ2n) is 5.70. The third-order valence-corrected chi connectivity index (χ3v) is 3.77. The van der Waals surface area contributed by atoms with E-state index in [1.165, 1.54) is 5.56 Å². The number of anilines is 1. The molecule has 0 saturated heterocycles. The third-order valence-electron chi connectivity index (χ3n) is 3.77. The van der Waals surface area contributed by atoms with Crippen LogP contribution in [0.1, 0.15) is 11.1 Å². The van der Waals surface area contributed by atoms with Crippen molar-refractivity contribution in [3.63, 3.8) is 0 Å². The third kappa shape index (κ3) is 4.38. The lowest BCUT2D eigenvalue weighted by Crippen LogP contribution is -2.13. The van der Waals surface area contributed by atoms with Crippen LogP contribution in [0.2, 0.25) is 0 Å². The summed E-state index contributed by atoms with van der Waals surface area (Å²) in [5.41, 5.74) is 3.83. The number of phenols is 1. The molecule has 0 unspecified atom stereocenters. The van der Waals surface area contributed by atoms with E-state index in [1.807, 2.05) is 67.6 Å². The number of benzene rings is 3. The van der Waals surface area contributed by atoms with Crippen molar-refractivity contribution in [3.05, 3.63) is 83.9 Å². The number of ether oxygens (including phenoxy) is 1. The molecule has 4 nitrogen and oxygen atoms in total. The van der Waals surface area contributed by atoms with Gasteiger partial charge < -0.3 is 15.2 Å². The van der Waals surface area contributed by atoms with Gasteiger partial charge in [0.25, 0.3) is 0 Å². The zero-order chi connectivity index (χ0) is 17.6. The molecule has 4 heteroatoms. The van der Waals surface area contributed by atoms with Gasteiger partial charge in [-0.25, -0.2) is 4.99 Å². The lowest BCUT2D eigenvalue weighted by molar-refractivity contribution is 0.415. The smallest absolute Gasteiger partial charge is 0.138 e. The number of hydrogen-bond acceptors (Lipinski definition) is 3. The first kappa shape index (κ1) is 16.6. The van der Waals surface area contributed by atoms with Crippen molar-refractivity contribution in [1.29, 1.82) is 0 Å². The predicted octanol–water partition coefficient (Wildman–Crippen LogP) is 4.90. The molecule has 0 saturated carbocycles. The number of methoxy groups -OCH3 is 1. The van der Waals surface area contributed by atoms with Crippen LogP contribution in [-0.4, -0.2) is 18.1 Å². The van der Waals surface area contributed by atoms with Crippen LogP contribution in [0, 0.1) is 6.92 Å². The van der Waals surface area contributed by atoms with Crippen LogP contribution in [-0.2, 0) is 0 Å². The summed E-state index contributed by atoms with van der Waals surface area (Å²) in [6.45, 7) is 2.05. The van der Waals surface area contributed by atoms with Gasteiger partial charge in [0.05, 0.1) is 12.8 Å². The highest BCUT2D eigenvalue weighted by Crippen LogP contribution is 2.20. The number of nitrogens with one attached hydrogen (secondary N) is 1. The molecule has 126 valence electrons. The average Bonchev–Trinajstić information content (AvgIpc) is 2.64. The van der Waals surface area contributed by atoms with Gasteiger partial charge in [-0.1, -0.05) is 17.7 Å².